The summed E-state index contributed by atoms with van der Waals surface area (Å²) in [6.07, 6.45) is 2.48. The molecule has 1 heterocycles. The van der Waals surface area contributed by atoms with E-state index in [0.29, 0.717) is 13.0 Å². The van der Waals surface area contributed by atoms with Crippen LogP contribution in [0.5, 0.6) is 0 Å². The Kier molecular flexibility index (Phi) is 6.84. The van der Waals surface area contributed by atoms with Gasteiger partial charge in [-0.25, -0.2) is 0 Å². The lowest BCUT2D eigenvalue weighted by molar-refractivity contribution is -0.144. The Morgan fingerprint density at radius 1 is 1.23 bits per heavy atom. The van der Waals surface area contributed by atoms with Crippen LogP contribution in [0.2, 0.25) is 0 Å². The number of benzene rings is 1. The molecule has 0 aromatic heterocycles. The smallest absolute Gasteiger partial charge is 0.240 e. The summed E-state index contributed by atoms with van der Waals surface area (Å²) >= 11 is 0. The number of rotatable bonds is 4. The molecule has 0 radical (unpaired) electrons. The van der Waals surface area contributed by atoms with Gasteiger partial charge in [-0.05, 0) is 24.8 Å². The number of primary amides is 1. The van der Waals surface area contributed by atoms with Crippen LogP contribution >= 0.6 is 12.4 Å². The number of carbonyl (C=O) groups excluding carboxylic acids is 2. The molecule has 0 bridgehead atoms. The normalized spacial score (nSPS) is 20.6. The van der Waals surface area contributed by atoms with Crippen LogP contribution in [0.15, 0.2) is 30.3 Å². The van der Waals surface area contributed by atoms with E-state index < -0.39 is 11.9 Å². The van der Waals surface area contributed by atoms with E-state index in [1.807, 2.05) is 37.3 Å². The van der Waals surface area contributed by atoms with Gasteiger partial charge in [0.2, 0.25) is 11.8 Å². The first-order valence-electron chi connectivity index (χ1n) is 7.42. The van der Waals surface area contributed by atoms with Crippen molar-refractivity contribution in [1.82, 2.24) is 4.90 Å². The van der Waals surface area contributed by atoms with Crippen molar-refractivity contribution in [1.29, 1.82) is 0 Å². The molecule has 3 unspecified atom stereocenters. The van der Waals surface area contributed by atoms with E-state index in [1.54, 1.807) is 4.90 Å². The van der Waals surface area contributed by atoms with Crippen LogP contribution in [0, 0.1) is 5.92 Å². The van der Waals surface area contributed by atoms with E-state index in [9.17, 15) is 9.59 Å². The van der Waals surface area contributed by atoms with Crippen molar-refractivity contribution in [2.24, 2.45) is 17.4 Å². The van der Waals surface area contributed by atoms with Crippen LogP contribution < -0.4 is 11.5 Å². The average Bonchev–Trinajstić information content (AvgIpc) is 2.53. The predicted molar refractivity (Wildman–Crippen MR) is 88.3 cm³/mol. The molecule has 0 aliphatic carbocycles. The fourth-order valence-corrected chi connectivity index (χ4v) is 2.87. The number of likely N-dealkylation sites (tertiary alicyclic amines) is 1. The Hall–Kier alpha value is -1.59. The van der Waals surface area contributed by atoms with Gasteiger partial charge in [0.25, 0.3) is 0 Å². The molecule has 3 atom stereocenters. The van der Waals surface area contributed by atoms with Crippen molar-refractivity contribution < 1.29 is 9.59 Å². The van der Waals surface area contributed by atoms with E-state index >= 15 is 0 Å². The van der Waals surface area contributed by atoms with Crippen LogP contribution in [-0.2, 0) is 9.59 Å². The second-order valence-corrected chi connectivity index (χ2v) is 5.67. The highest BCUT2D eigenvalue weighted by molar-refractivity contribution is 5.88. The van der Waals surface area contributed by atoms with Crippen molar-refractivity contribution in [3.63, 3.8) is 0 Å². The molecule has 1 aliphatic heterocycles. The molecule has 2 rings (SSSR count). The van der Waals surface area contributed by atoms with E-state index in [1.165, 1.54) is 0 Å². The molecule has 22 heavy (non-hydrogen) atoms. The van der Waals surface area contributed by atoms with Crippen molar-refractivity contribution in [2.45, 2.75) is 38.3 Å². The molecule has 2 amide bonds. The Bertz CT molecular complexity index is 509. The largest absolute Gasteiger partial charge is 0.368 e. The third-order valence-electron chi connectivity index (χ3n) is 4.23. The average molecular weight is 326 g/mol. The number of carbonyl (C=O) groups is 2. The zero-order valence-electron chi connectivity index (χ0n) is 12.8. The highest BCUT2D eigenvalue weighted by Crippen LogP contribution is 2.25. The van der Waals surface area contributed by atoms with Gasteiger partial charge in [-0.1, -0.05) is 37.3 Å². The summed E-state index contributed by atoms with van der Waals surface area (Å²) in [5.41, 5.74) is 12.5. The Balaban J connectivity index is 0.00000242. The predicted octanol–water partition coefficient (Wildman–Crippen LogP) is 1.61. The standard InChI is InChI=1S/C16H23N3O2.ClH/c1-11(14(17)12-7-3-2-4-8-12)16(21)19-10-6-5-9-13(19)15(18)20;/h2-4,7-8,11,13-14H,5-6,9-10,17H2,1H3,(H2,18,20);1H. The third kappa shape index (κ3) is 3.99. The lowest BCUT2D eigenvalue weighted by Crippen LogP contribution is -2.53. The molecule has 1 aromatic rings. The quantitative estimate of drug-likeness (QED) is 0.881. The maximum Gasteiger partial charge on any atom is 0.240 e. The summed E-state index contributed by atoms with van der Waals surface area (Å²) in [6.45, 7) is 2.39. The third-order valence-corrected chi connectivity index (χ3v) is 4.23. The fourth-order valence-electron chi connectivity index (χ4n) is 2.87. The Morgan fingerprint density at radius 2 is 1.86 bits per heavy atom. The van der Waals surface area contributed by atoms with Gasteiger partial charge >= 0.3 is 0 Å². The van der Waals surface area contributed by atoms with E-state index in [-0.39, 0.29) is 30.3 Å². The van der Waals surface area contributed by atoms with Crippen LogP contribution in [0.4, 0.5) is 0 Å². The number of nitrogens with zero attached hydrogens (tertiary/aromatic N) is 1. The van der Waals surface area contributed by atoms with E-state index in [0.717, 1.165) is 18.4 Å². The first kappa shape index (κ1) is 18.5. The van der Waals surface area contributed by atoms with Gasteiger partial charge < -0.3 is 16.4 Å². The minimum atomic E-state index is -0.489. The number of hydrogen-bond donors (Lipinski definition) is 2. The molecule has 1 aromatic carbocycles. The van der Waals surface area contributed by atoms with Crippen LogP contribution in [0.1, 0.15) is 37.8 Å². The fraction of sp³-hybridized carbons (Fsp3) is 0.500. The summed E-state index contributed by atoms with van der Waals surface area (Å²) in [7, 11) is 0. The van der Waals surface area contributed by atoms with E-state index in [2.05, 4.69) is 0 Å². The van der Waals surface area contributed by atoms with Crippen LogP contribution in [0.25, 0.3) is 0 Å². The second-order valence-electron chi connectivity index (χ2n) is 5.67. The van der Waals surface area contributed by atoms with Gasteiger partial charge in [0.05, 0.1) is 5.92 Å². The molecule has 0 spiro atoms. The Labute approximate surface area is 137 Å². The Morgan fingerprint density at radius 3 is 2.45 bits per heavy atom. The highest BCUT2D eigenvalue weighted by Gasteiger charge is 2.34. The second kappa shape index (κ2) is 8.15. The lowest BCUT2D eigenvalue weighted by Gasteiger charge is -2.36. The zero-order chi connectivity index (χ0) is 15.4. The molecule has 0 saturated carbocycles. The minimum Gasteiger partial charge on any atom is -0.368 e. The molecule has 5 nitrogen and oxygen atoms in total. The summed E-state index contributed by atoms with van der Waals surface area (Å²) < 4.78 is 0. The molecule has 1 aliphatic rings. The molecule has 1 fully saturated rings. The number of nitrogens with two attached hydrogens (primary N) is 2. The van der Waals surface area contributed by atoms with Crippen molar-refractivity contribution in [3.05, 3.63) is 35.9 Å². The van der Waals surface area contributed by atoms with Crippen molar-refractivity contribution in [2.75, 3.05) is 6.54 Å². The number of piperidine rings is 1. The topological polar surface area (TPSA) is 89.4 Å². The maximum atomic E-state index is 12.7. The summed E-state index contributed by atoms with van der Waals surface area (Å²) in [6, 6.07) is 8.67. The van der Waals surface area contributed by atoms with Crippen LogP contribution in [0.3, 0.4) is 0 Å². The summed E-state index contributed by atoms with van der Waals surface area (Å²) in [5, 5.41) is 0. The number of halogens is 1. The molecule has 6 heteroatoms. The molecule has 122 valence electrons. The van der Waals surface area contributed by atoms with Gasteiger partial charge in [0.15, 0.2) is 0 Å². The SMILES string of the molecule is CC(C(=O)N1CCCCC1C(N)=O)C(N)c1ccccc1.Cl. The minimum absolute atomic E-state index is 0. The summed E-state index contributed by atoms with van der Waals surface area (Å²) in [4.78, 5) is 25.8. The monoisotopic (exact) mass is 325 g/mol. The van der Waals surface area contributed by atoms with Crippen molar-refractivity contribution in [3.8, 4) is 0 Å². The first-order valence-corrected chi connectivity index (χ1v) is 7.42. The molecular weight excluding hydrogens is 302 g/mol. The van der Waals surface area contributed by atoms with Gasteiger partial charge in [-0.3, -0.25) is 9.59 Å². The van der Waals surface area contributed by atoms with Gasteiger partial charge in [-0.15, -0.1) is 12.4 Å². The number of hydrogen-bond acceptors (Lipinski definition) is 3. The lowest BCUT2D eigenvalue weighted by atomic mass is 9.92. The summed E-state index contributed by atoms with van der Waals surface area (Å²) in [5.74, 6) is -0.897. The highest BCUT2D eigenvalue weighted by atomic mass is 35.5. The van der Waals surface area contributed by atoms with Gasteiger partial charge in [-0.2, -0.15) is 0 Å². The van der Waals surface area contributed by atoms with Crippen LogP contribution in [-0.4, -0.2) is 29.3 Å². The van der Waals surface area contributed by atoms with Crippen molar-refractivity contribution >= 4 is 24.2 Å². The van der Waals surface area contributed by atoms with Gasteiger partial charge in [0, 0.05) is 12.6 Å². The number of amides is 2. The molecular formula is C16H24ClN3O2. The maximum absolute atomic E-state index is 12.7. The first-order chi connectivity index (χ1) is 10.0. The van der Waals surface area contributed by atoms with Gasteiger partial charge in [0.1, 0.15) is 6.04 Å². The molecule has 1 saturated heterocycles. The van der Waals surface area contributed by atoms with E-state index in [4.69, 9.17) is 11.5 Å². The molecule has 4 N–H and O–H groups in total. The zero-order valence-corrected chi connectivity index (χ0v) is 13.6.